The highest BCUT2D eigenvalue weighted by Gasteiger charge is 2.11. The van der Waals surface area contributed by atoms with Crippen LogP contribution in [0.4, 0.5) is 0 Å². The quantitative estimate of drug-likeness (QED) is 0.742. The van der Waals surface area contributed by atoms with Crippen molar-refractivity contribution in [3.8, 4) is 0 Å². The standard InChI is InChI=1S/C20H22N4O2/c1-13-11-14(2)23-20(26)18(13)12-21-19(25)17-7-5-16(6-8-17)15(3)24-10-4-9-22-24/h4-11,15H,12H2,1-3H3,(H,21,25)(H,23,26). The van der Waals surface area contributed by atoms with Crippen LogP contribution in [0.2, 0.25) is 0 Å². The lowest BCUT2D eigenvalue weighted by Gasteiger charge is -2.13. The molecule has 0 fully saturated rings. The minimum Gasteiger partial charge on any atom is -0.348 e. The molecule has 0 radical (unpaired) electrons. The Balaban J connectivity index is 1.68. The Bertz CT molecular complexity index is 956. The third-order valence-corrected chi connectivity index (χ3v) is 4.50. The van der Waals surface area contributed by atoms with Crippen LogP contribution in [0, 0.1) is 13.8 Å². The van der Waals surface area contributed by atoms with Crippen LogP contribution in [0.25, 0.3) is 0 Å². The zero-order valence-corrected chi connectivity index (χ0v) is 15.1. The van der Waals surface area contributed by atoms with Gasteiger partial charge in [-0.2, -0.15) is 5.10 Å². The number of nitrogens with one attached hydrogen (secondary N) is 2. The molecule has 134 valence electrons. The van der Waals surface area contributed by atoms with E-state index in [-0.39, 0.29) is 24.1 Å². The molecule has 6 heteroatoms. The molecular formula is C20H22N4O2. The first-order valence-corrected chi connectivity index (χ1v) is 8.52. The first-order valence-electron chi connectivity index (χ1n) is 8.52. The van der Waals surface area contributed by atoms with Gasteiger partial charge < -0.3 is 10.3 Å². The van der Waals surface area contributed by atoms with Crippen molar-refractivity contribution in [1.29, 1.82) is 0 Å². The van der Waals surface area contributed by atoms with Crippen LogP contribution in [0.3, 0.4) is 0 Å². The van der Waals surface area contributed by atoms with E-state index in [1.165, 1.54) is 0 Å². The molecule has 6 nitrogen and oxygen atoms in total. The van der Waals surface area contributed by atoms with E-state index < -0.39 is 0 Å². The number of nitrogens with zero attached hydrogens (tertiary/aromatic N) is 2. The molecule has 1 aromatic carbocycles. The molecule has 2 N–H and O–H groups in total. The Morgan fingerprint density at radius 2 is 2.00 bits per heavy atom. The van der Waals surface area contributed by atoms with E-state index in [1.54, 1.807) is 18.3 Å². The third-order valence-electron chi connectivity index (χ3n) is 4.50. The second-order valence-electron chi connectivity index (χ2n) is 6.41. The maximum Gasteiger partial charge on any atom is 0.253 e. The number of carbonyl (C=O) groups excluding carboxylic acids is 1. The molecule has 2 aromatic heterocycles. The highest BCUT2D eigenvalue weighted by molar-refractivity contribution is 5.94. The SMILES string of the molecule is Cc1cc(C)c(CNC(=O)c2ccc(C(C)n3cccn3)cc2)c(=O)[nH]1. The summed E-state index contributed by atoms with van der Waals surface area (Å²) in [6.45, 7) is 5.96. The summed E-state index contributed by atoms with van der Waals surface area (Å²) < 4.78 is 1.86. The molecule has 0 spiro atoms. The van der Waals surface area contributed by atoms with E-state index in [0.29, 0.717) is 11.1 Å². The first kappa shape index (κ1) is 17.7. The van der Waals surface area contributed by atoms with E-state index in [4.69, 9.17) is 0 Å². The molecule has 0 saturated heterocycles. The number of aromatic amines is 1. The Morgan fingerprint density at radius 3 is 2.62 bits per heavy atom. The van der Waals surface area contributed by atoms with Crippen molar-refractivity contribution in [2.75, 3.05) is 0 Å². The van der Waals surface area contributed by atoms with Gasteiger partial charge in [0, 0.05) is 35.8 Å². The highest BCUT2D eigenvalue weighted by atomic mass is 16.1. The lowest BCUT2D eigenvalue weighted by Crippen LogP contribution is -2.27. The molecule has 0 aliphatic heterocycles. The predicted molar refractivity (Wildman–Crippen MR) is 100 cm³/mol. The number of aromatic nitrogens is 3. The second kappa shape index (κ2) is 7.39. The minimum absolute atomic E-state index is 0.0934. The van der Waals surface area contributed by atoms with Gasteiger partial charge in [-0.3, -0.25) is 14.3 Å². The van der Waals surface area contributed by atoms with E-state index in [2.05, 4.69) is 22.3 Å². The fourth-order valence-electron chi connectivity index (χ4n) is 2.95. The molecule has 1 unspecified atom stereocenters. The Morgan fingerprint density at radius 1 is 1.27 bits per heavy atom. The van der Waals surface area contributed by atoms with Crippen molar-refractivity contribution in [1.82, 2.24) is 20.1 Å². The molecule has 0 aliphatic rings. The van der Waals surface area contributed by atoms with Crippen LogP contribution in [0.15, 0.2) is 53.6 Å². The molecule has 0 saturated carbocycles. The Kier molecular flexibility index (Phi) is 5.02. The summed E-state index contributed by atoms with van der Waals surface area (Å²) in [5, 5.41) is 7.06. The third kappa shape index (κ3) is 3.74. The normalized spacial score (nSPS) is 12.0. The number of H-pyrrole nitrogens is 1. The number of benzene rings is 1. The second-order valence-corrected chi connectivity index (χ2v) is 6.41. The number of hydrogen-bond acceptors (Lipinski definition) is 3. The van der Waals surface area contributed by atoms with Gasteiger partial charge in [-0.15, -0.1) is 0 Å². The van der Waals surface area contributed by atoms with Crippen molar-refractivity contribution in [2.24, 2.45) is 0 Å². The maximum atomic E-state index is 12.4. The average molecular weight is 350 g/mol. The van der Waals surface area contributed by atoms with Gasteiger partial charge in [0.1, 0.15) is 0 Å². The number of pyridine rings is 1. The number of amides is 1. The van der Waals surface area contributed by atoms with E-state index >= 15 is 0 Å². The van der Waals surface area contributed by atoms with Gasteiger partial charge in [0.2, 0.25) is 0 Å². The molecule has 0 bridgehead atoms. The Hall–Kier alpha value is -3.15. The van der Waals surface area contributed by atoms with Gasteiger partial charge in [-0.25, -0.2) is 0 Å². The number of rotatable bonds is 5. The van der Waals surface area contributed by atoms with Crippen molar-refractivity contribution < 1.29 is 4.79 Å². The summed E-state index contributed by atoms with van der Waals surface area (Å²) in [7, 11) is 0. The van der Waals surface area contributed by atoms with Gasteiger partial charge in [-0.1, -0.05) is 12.1 Å². The van der Waals surface area contributed by atoms with Crippen LogP contribution in [0.1, 0.15) is 45.7 Å². The van der Waals surface area contributed by atoms with Gasteiger partial charge in [0.05, 0.1) is 6.04 Å². The molecule has 1 amide bonds. The summed E-state index contributed by atoms with van der Waals surface area (Å²) in [4.78, 5) is 27.2. The number of hydrogen-bond donors (Lipinski definition) is 2. The van der Waals surface area contributed by atoms with E-state index in [9.17, 15) is 9.59 Å². The summed E-state index contributed by atoms with van der Waals surface area (Å²) in [5.41, 5.74) is 3.72. The topological polar surface area (TPSA) is 79.8 Å². The summed E-state index contributed by atoms with van der Waals surface area (Å²) in [6, 6.07) is 11.3. The van der Waals surface area contributed by atoms with Crippen LogP contribution in [0.5, 0.6) is 0 Å². The van der Waals surface area contributed by atoms with Crippen LogP contribution in [-0.2, 0) is 6.54 Å². The summed E-state index contributed by atoms with van der Waals surface area (Å²) in [6.07, 6.45) is 3.65. The van der Waals surface area contributed by atoms with Crippen LogP contribution in [-0.4, -0.2) is 20.7 Å². The van der Waals surface area contributed by atoms with Crippen molar-refractivity contribution in [3.63, 3.8) is 0 Å². The van der Waals surface area contributed by atoms with Crippen LogP contribution >= 0.6 is 0 Å². The summed E-state index contributed by atoms with van der Waals surface area (Å²) >= 11 is 0. The van der Waals surface area contributed by atoms with Crippen molar-refractivity contribution >= 4 is 5.91 Å². The zero-order chi connectivity index (χ0) is 18.7. The first-order chi connectivity index (χ1) is 12.5. The van der Waals surface area contributed by atoms with Crippen molar-refractivity contribution in [2.45, 2.75) is 33.4 Å². The molecule has 3 rings (SSSR count). The fourth-order valence-corrected chi connectivity index (χ4v) is 2.95. The zero-order valence-electron chi connectivity index (χ0n) is 15.1. The van der Waals surface area contributed by atoms with Crippen molar-refractivity contribution in [3.05, 3.63) is 87.1 Å². The van der Waals surface area contributed by atoms with Gasteiger partial charge in [0.25, 0.3) is 11.5 Å². The van der Waals surface area contributed by atoms with Gasteiger partial charge >= 0.3 is 0 Å². The largest absolute Gasteiger partial charge is 0.348 e. The number of aryl methyl sites for hydroxylation is 2. The maximum absolute atomic E-state index is 12.4. The van der Waals surface area contributed by atoms with Crippen LogP contribution < -0.4 is 10.9 Å². The molecule has 1 atom stereocenters. The summed E-state index contributed by atoms with van der Waals surface area (Å²) in [5.74, 6) is -0.206. The molecule has 2 heterocycles. The van der Waals surface area contributed by atoms with Gasteiger partial charge in [-0.05, 0) is 56.2 Å². The lowest BCUT2D eigenvalue weighted by molar-refractivity contribution is 0.0950. The molecule has 3 aromatic rings. The fraction of sp³-hybridized carbons (Fsp3) is 0.250. The lowest BCUT2D eigenvalue weighted by atomic mass is 10.1. The monoisotopic (exact) mass is 350 g/mol. The predicted octanol–water partition coefficient (Wildman–Crippen LogP) is 2.73. The molecular weight excluding hydrogens is 328 g/mol. The minimum atomic E-state index is -0.206. The molecule has 0 aliphatic carbocycles. The highest BCUT2D eigenvalue weighted by Crippen LogP contribution is 2.17. The van der Waals surface area contributed by atoms with Gasteiger partial charge in [0.15, 0.2) is 0 Å². The smallest absolute Gasteiger partial charge is 0.253 e. The average Bonchev–Trinajstić information content (AvgIpc) is 3.14. The van der Waals surface area contributed by atoms with E-state index in [1.807, 2.05) is 49.0 Å². The number of carbonyl (C=O) groups is 1. The van der Waals surface area contributed by atoms with E-state index in [0.717, 1.165) is 16.8 Å². The molecule has 26 heavy (non-hydrogen) atoms. The Labute approximate surface area is 151 Å².